The van der Waals surface area contributed by atoms with Gasteiger partial charge in [0, 0.05) is 24.3 Å². The highest BCUT2D eigenvalue weighted by molar-refractivity contribution is 6.00. The molecule has 2 aromatic carbocycles. The number of rotatable bonds is 6. The summed E-state index contributed by atoms with van der Waals surface area (Å²) < 4.78 is 5.37. The molecule has 1 aliphatic heterocycles. The quantitative estimate of drug-likeness (QED) is 0.598. The molecule has 3 N–H and O–H groups in total. The fourth-order valence-electron chi connectivity index (χ4n) is 3.87. The second kappa shape index (κ2) is 7.60. The van der Waals surface area contributed by atoms with Gasteiger partial charge in [-0.15, -0.1) is 0 Å². The number of phenols is 1. The Bertz CT molecular complexity index is 1060. The predicted octanol–water partition coefficient (Wildman–Crippen LogP) is 3.03. The average molecular weight is 393 g/mol. The van der Waals surface area contributed by atoms with Crippen LogP contribution in [0.4, 0.5) is 0 Å². The number of aromatic hydroxyl groups is 1. The first-order valence-electron chi connectivity index (χ1n) is 9.49. The molecule has 3 aromatic rings. The van der Waals surface area contributed by atoms with Gasteiger partial charge in [0.2, 0.25) is 0 Å². The largest absolute Gasteiger partial charge is 0.507 e. The van der Waals surface area contributed by atoms with Crippen molar-refractivity contribution < 1.29 is 19.7 Å². The van der Waals surface area contributed by atoms with E-state index in [2.05, 4.69) is 10.2 Å². The third kappa shape index (κ3) is 3.23. The third-order valence-electron chi connectivity index (χ3n) is 5.24. The van der Waals surface area contributed by atoms with E-state index >= 15 is 0 Å². The number of hydrogen-bond acceptors (Lipinski definition) is 5. The van der Waals surface area contributed by atoms with Crippen molar-refractivity contribution in [2.24, 2.45) is 0 Å². The Kier molecular flexibility index (Phi) is 4.98. The number of nitrogens with zero attached hydrogens (tertiary/aromatic N) is 2. The van der Waals surface area contributed by atoms with Crippen molar-refractivity contribution in [1.82, 2.24) is 15.1 Å². The SMILES string of the molecule is COc1cccc([C@@H]2c3c(-c4cc(C)ccc4O)n[nH]c3C(=O)N2CCCO)c1. The maximum atomic E-state index is 13.1. The van der Waals surface area contributed by atoms with Gasteiger partial charge in [0.15, 0.2) is 0 Å². The highest BCUT2D eigenvalue weighted by atomic mass is 16.5. The molecule has 0 radical (unpaired) electrons. The van der Waals surface area contributed by atoms with E-state index in [0.29, 0.717) is 35.7 Å². The zero-order valence-electron chi connectivity index (χ0n) is 16.3. The molecule has 0 saturated carbocycles. The van der Waals surface area contributed by atoms with Crippen molar-refractivity contribution in [2.75, 3.05) is 20.3 Å². The van der Waals surface area contributed by atoms with Gasteiger partial charge in [-0.1, -0.05) is 23.8 Å². The molecule has 1 aliphatic rings. The first-order valence-corrected chi connectivity index (χ1v) is 9.49. The van der Waals surface area contributed by atoms with E-state index in [-0.39, 0.29) is 18.3 Å². The van der Waals surface area contributed by atoms with Crippen LogP contribution in [0.5, 0.6) is 11.5 Å². The lowest BCUT2D eigenvalue weighted by atomic mass is 9.95. The van der Waals surface area contributed by atoms with Gasteiger partial charge in [0.1, 0.15) is 22.9 Å². The van der Waals surface area contributed by atoms with Crippen molar-refractivity contribution in [3.05, 3.63) is 64.8 Å². The number of carbonyl (C=O) groups is 1. The molecule has 1 atom stereocenters. The number of fused-ring (bicyclic) bond motifs is 1. The number of hydrogen-bond donors (Lipinski definition) is 3. The highest BCUT2D eigenvalue weighted by Gasteiger charge is 2.42. The number of carbonyl (C=O) groups excluding carboxylic acids is 1. The Morgan fingerprint density at radius 1 is 1.24 bits per heavy atom. The summed E-state index contributed by atoms with van der Waals surface area (Å²) in [5.41, 5.74) is 4.12. The van der Waals surface area contributed by atoms with Crippen molar-refractivity contribution in [2.45, 2.75) is 19.4 Å². The number of aliphatic hydroxyl groups is 1. The number of benzene rings is 2. The van der Waals surface area contributed by atoms with Crippen LogP contribution in [0.25, 0.3) is 11.3 Å². The van der Waals surface area contributed by atoms with Crippen molar-refractivity contribution >= 4 is 5.91 Å². The van der Waals surface area contributed by atoms with Crippen LogP contribution in [0.1, 0.15) is 39.6 Å². The van der Waals surface area contributed by atoms with E-state index in [1.165, 1.54) is 0 Å². The number of nitrogens with one attached hydrogen (secondary N) is 1. The Morgan fingerprint density at radius 3 is 2.83 bits per heavy atom. The van der Waals surface area contributed by atoms with E-state index in [9.17, 15) is 15.0 Å². The Morgan fingerprint density at radius 2 is 2.07 bits per heavy atom. The lowest BCUT2D eigenvalue weighted by Gasteiger charge is -2.26. The van der Waals surface area contributed by atoms with Crippen LogP contribution in [-0.2, 0) is 0 Å². The van der Waals surface area contributed by atoms with E-state index in [4.69, 9.17) is 4.74 Å². The van der Waals surface area contributed by atoms with Gasteiger partial charge in [0.25, 0.3) is 5.91 Å². The van der Waals surface area contributed by atoms with Crippen LogP contribution in [0, 0.1) is 6.92 Å². The summed E-state index contributed by atoms with van der Waals surface area (Å²) in [5.74, 6) is 0.622. The Hall–Kier alpha value is -3.32. The number of aliphatic hydroxyl groups excluding tert-OH is 1. The molecule has 150 valence electrons. The molecule has 0 bridgehead atoms. The molecule has 0 aliphatic carbocycles. The summed E-state index contributed by atoms with van der Waals surface area (Å²) in [6.07, 6.45) is 0.467. The number of aromatic amines is 1. The molecule has 2 heterocycles. The molecule has 0 spiro atoms. The lowest BCUT2D eigenvalue weighted by molar-refractivity contribution is 0.0732. The summed E-state index contributed by atoms with van der Waals surface area (Å²) >= 11 is 0. The normalized spacial score (nSPS) is 15.6. The number of aromatic nitrogens is 2. The van der Waals surface area contributed by atoms with Crippen molar-refractivity contribution in [1.29, 1.82) is 0 Å². The monoisotopic (exact) mass is 393 g/mol. The van der Waals surface area contributed by atoms with Crippen molar-refractivity contribution in [3.63, 3.8) is 0 Å². The summed E-state index contributed by atoms with van der Waals surface area (Å²) in [4.78, 5) is 14.8. The molecule has 0 saturated heterocycles. The third-order valence-corrected chi connectivity index (χ3v) is 5.24. The van der Waals surface area contributed by atoms with E-state index in [0.717, 1.165) is 16.7 Å². The number of phenolic OH excluding ortho intramolecular Hbond substituents is 1. The molecular weight excluding hydrogens is 370 g/mol. The second-order valence-electron chi connectivity index (χ2n) is 7.14. The number of H-pyrrole nitrogens is 1. The second-order valence-corrected chi connectivity index (χ2v) is 7.14. The van der Waals surface area contributed by atoms with Crippen LogP contribution in [0.3, 0.4) is 0 Å². The predicted molar refractivity (Wildman–Crippen MR) is 108 cm³/mol. The summed E-state index contributed by atoms with van der Waals surface area (Å²) in [6.45, 7) is 2.33. The summed E-state index contributed by atoms with van der Waals surface area (Å²) in [5, 5.41) is 27.0. The fourth-order valence-corrected chi connectivity index (χ4v) is 3.87. The molecule has 1 aromatic heterocycles. The van der Waals surface area contributed by atoms with Crippen molar-refractivity contribution in [3.8, 4) is 22.8 Å². The lowest BCUT2D eigenvalue weighted by Crippen LogP contribution is -2.31. The van der Waals surface area contributed by atoms with Gasteiger partial charge in [0.05, 0.1) is 13.2 Å². The van der Waals surface area contributed by atoms with Gasteiger partial charge < -0.3 is 19.8 Å². The fraction of sp³-hybridized carbons (Fsp3) is 0.273. The molecule has 4 rings (SSSR count). The summed E-state index contributed by atoms with van der Waals surface area (Å²) in [6, 6.07) is 12.5. The smallest absolute Gasteiger partial charge is 0.273 e. The van der Waals surface area contributed by atoms with E-state index in [1.807, 2.05) is 43.3 Å². The zero-order chi connectivity index (χ0) is 20.5. The minimum Gasteiger partial charge on any atom is -0.507 e. The maximum Gasteiger partial charge on any atom is 0.273 e. The van der Waals surface area contributed by atoms with Gasteiger partial charge in [-0.3, -0.25) is 9.89 Å². The minimum atomic E-state index is -0.396. The van der Waals surface area contributed by atoms with Crippen LogP contribution in [0.15, 0.2) is 42.5 Å². The van der Waals surface area contributed by atoms with E-state index in [1.54, 1.807) is 18.1 Å². The molecule has 29 heavy (non-hydrogen) atoms. The van der Waals surface area contributed by atoms with Crippen LogP contribution < -0.4 is 4.74 Å². The molecule has 0 fully saturated rings. The van der Waals surface area contributed by atoms with Gasteiger partial charge in [-0.2, -0.15) is 5.10 Å². The van der Waals surface area contributed by atoms with Gasteiger partial charge in [-0.25, -0.2) is 0 Å². The average Bonchev–Trinajstić information content (AvgIpc) is 3.27. The number of aryl methyl sites for hydroxylation is 1. The number of methoxy groups -OCH3 is 1. The molecule has 7 nitrogen and oxygen atoms in total. The molecular formula is C22H23N3O4. The topological polar surface area (TPSA) is 98.7 Å². The molecule has 0 unspecified atom stereocenters. The molecule has 1 amide bonds. The Balaban J connectivity index is 1.90. The van der Waals surface area contributed by atoms with E-state index < -0.39 is 6.04 Å². The standard InChI is InChI=1S/C22H23N3O4/c1-13-7-8-17(27)16(11-13)19-18-20(24-23-19)22(28)25(9-4-10-26)21(18)14-5-3-6-15(12-14)29-2/h3,5-8,11-12,21,26-27H,4,9-10H2,1-2H3,(H,23,24)/t21-/m1/s1. The number of amides is 1. The first-order chi connectivity index (χ1) is 14.0. The minimum absolute atomic E-state index is 0.00762. The Labute approximate surface area is 168 Å². The van der Waals surface area contributed by atoms with Gasteiger partial charge in [-0.05, 0) is 43.2 Å². The first kappa shape index (κ1) is 19.0. The van der Waals surface area contributed by atoms with Gasteiger partial charge >= 0.3 is 0 Å². The molecule has 7 heteroatoms. The van der Waals surface area contributed by atoms with Crippen LogP contribution >= 0.6 is 0 Å². The highest BCUT2D eigenvalue weighted by Crippen LogP contribution is 2.45. The number of ether oxygens (including phenoxy) is 1. The summed E-state index contributed by atoms with van der Waals surface area (Å²) in [7, 11) is 1.60. The maximum absolute atomic E-state index is 13.1. The van der Waals surface area contributed by atoms with Crippen LogP contribution in [-0.4, -0.2) is 51.5 Å². The zero-order valence-corrected chi connectivity index (χ0v) is 16.3. The van der Waals surface area contributed by atoms with Crippen LogP contribution in [0.2, 0.25) is 0 Å².